The zero-order valence-corrected chi connectivity index (χ0v) is 12.3. The van der Waals surface area contributed by atoms with Crippen molar-refractivity contribution in [3.05, 3.63) is 31.1 Å². The third kappa shape index (κ3) is 3.06. The van der Waals surface area contributed by atoms with Crippen molar-refractivity contribution in [1.29, 1.82) is 0 Å². The average Bonchev–Trinajstić information content (AvgIpc) is 2.91. The molecule has 0 atom stereocenters. The summed E-state index contributed by atoms with van der Waals surface area (Å²) in [5.41, 5.74) is 0.330. The number of hydrogen-bond donors (Lipinski definition) is 1. The molecule has 3 rings (SSSR count). The summed E-state index contributed by atoms with van der Waals surface area (Å²) in [5, 5.41) is 3.37. The Bertz CT molecular complexity index is 510. The van der Waals surface area contributed by atoms with Crippen molar-refractivity contribution in [3.8, 4) is 0 Å². The molecule has 21 heavy (non-hydrogen) atoms. The van der Waals surface area contributed by atoms with Gasteiger partial charge >= 0.3 is 0 Å². The number of nitrogens with one attached hydrogen (secondary N) is 1. The molecule has 0 unspecified atom stereocenters. The fraction of sp³-hybridized carbons (Fsp3) is 0.562. The first-order chi connectivity index (χ1) is 10.2. The van der Waals surface area contributed by atoms with Gasteiger partial charge in [-0.3, -0.25) is 4.79 Å². The second-order valence-electron chi connectivity index (χ2n) is 6.21. The van der Waals surface area contributed by atoms with Crippen LogP contribution in [0.2, 0.25) is 0 Å². The molecule has 5 nitrogen and oxygen atoms in total. The van der Waals surface area contributed by atoms with Crippen LogP contribution in [0.25, 0.3) is 0 Å². The van der Waals surface area contributed by atoms with Crippen LogP contribution in [0, 0.1) is 5.41 Å². The third-order valence-corrected chi connectivity index (χ3v) is 4.61. The highest BCUT2D eigenvalue weighted by molar-refractivity contribution is 5.76. The summed E-state index contributed by atoms with van der Waals surface area (Å²) < 4.78 is 0. The van der Waals surface area contributed by atoms with Crippen molar-refractivity contribution in [1.82, 2.24) is 14.9 Å². The topological polar surface area (TPSA) is 58.1 Å². The lowest BCUT2D eigenvalue weighted by Gasteiger charge is -2.45. The van der Waals surface area contributed by atoms with E-state index >= 15 is 0 Å². The largest absolute Gasteiger partial charge is 0.351 e. The van der Waals surface area contributed by atoms with Gasteiger partial charge in [-0.25, -0.2) is 9.97 Å². The molecule has 1 saturated carbocycles. The Hall–Kier alpha value is -1.91. The number of amides is 1. The summed E-state index contributed by atoms with van der Waals surface area (Å²) >= 11 is 0. The molecular formula is C16H22N4O. The van der Waals surface area contributed by atoms with Gasteiger partial charge < -0.3 is 10.2 Å². The first-order valence-corrected chi connectivity index (χ1v) is 7.63. The highest BCUT2D eigenvalue weighted by atomic mass is 16.2. The number of carbonyl (C=O) groups excluding carboxylic acids is 1. The molecule has 2 heterocycles. The van der Waals surface area contributed by atoms with Gasteiger partial charge in [0.15, 0.2) is 0 Å². The molecule has 1 amide bonds. The Morgan fingerprint density at radius 1 is 1.48 bits per heavy atom. The molecule has 2 fully saturated rings. The lowest BCUT2D eigenvalue weighted by molar-refractivity contribution is -0.130. The Morgan fingerprint density at radius 3 is 2.95 bits per heavy atom. The number of carbonyl (C=O) groups is 1. The van der Waals surface area contributed by atoms with Crippen molar-refractivity contribution in [2.45, 2.75) is 38.1 Å². The lowest BCUT2D eigenvalue weighted by atomic mass is 9.65. The van der Waals surface area contributed by atoms with Crippen molar-refractivity contribution in [3.63, 3.8) is 0 Å². The van der Waals surface area contributed by atoms with Crippen LogP contribution in [-0.4, -0.2) is 39.9 Å². The minimum atomic E-state index is 0.273. The van der Waals surface area contributed by atoms with E-state index in [0.717, 1.165) is 38.8 Å². The van der Waals surface area contributed by atoms with Gasteiger partial charge in [-0.1, -0.05) is 6.08 Å². The highest BCUT2D eigenvalue weighted by Gasteiger charge is 2.49. The number of nitrogens with zero attached hydrogens (tertiary/aromatic N) is 3. The summed E-state index contributed by atoms with van der Waals surface area (Å²) in [5.74, 6) is 0.976. The van der Waals surface area contributed by atoms with Gasteiger partial charge in [0.05, 0.1) is 0 Å². The monoisotopic (exact) mass is 286 g/mol. The maximum Gasteiger partial charge on any atom is 0.222 e. The van der Waals surface area contributed by atoms with Gasteiger partial charge in [-0.05, 0) is 37.2 Å². The van der Waals surface area contributed by atoms with Gasteiger partial charge in [-0.15, -0.1) is 6.58 Å². The molecule has 1 N–H and O–H groups in total. The van der Waals surface area contributed by atoms with Crippen LogP contribution in [-0.2, 0) is 4.79 Å². The van der Waals surface area contributed by atoms with E-state index in [0.29, 0.717) is 23.8 Å². The smallest absolute Gasteiger partial charge is 0.222 e. The average molecular weight is 286 g/mol. The van der Waals surface area contributed by atoms with Gasteiger partial charge in [0.25, 0.3) is 0 Å². The van der Waals surface area contributed by atoms with Crippen LogP contribution < -0.4 is 5.32 Å². The molecule has 0 aromatic carbocycles. The Morgan fingerprint density at radius 2 is 2.24 bits per heavy atom. The fourth-order valence-electron chi connectivity index (χ4n) is 3.51. The van der Waals surface area contributed by atoms with Crippen LogP contribution in [0.3, 0.4) is 0 Å². The molecule has 5 heteroatoms. The molecule has 1 aromatic rings. The summed E-state index contributed by atoms with van der Waals surface area (Å²) in [6.45, 7) is 5.49. The van der Waals surface area contributed by atoms with Crippen molar-refractivity contribution < 1.29 is 4.79 Å². The first kappa shape index (κ1) is 14.0. The van der Waals surface area contributed by atoms with Gasteiger partial charge in [0.2, 0.25) is 11.9 Å². The maximum atomic E-state index is 12.0. The Balaban J connectivity index is 1.47. The second kappa shape index (κ2) is 5.84. The fourth-order valence-corrected chi connectivity index (χ4v) is 3.51. The van der Waals surface area contributed by atoms with E-state index < -0.39 is 0 Å². The van der Waals surface area contributed by atoms with Crippen molar-refractivity contribution in [2.24, 2.45) is 5.41 Å². The molecule has 1 spiro atoms. The number of anilines is 1. The van der Waals surface area contributed by atoms with Crippen molar-refractivity contribution >= 4 is 11.9 Å². The third-order valence-electron chi connectivity index (χ3n) is 4.61. The van der Waals surface area contributed by atoms with E-state index in [9.17, 15) is 4.79 Å². The number of likely N-dealkylation sites (tertiary alicyclic amines) is 1. The van der Waals surface area contributed by atoms with Gasteiger partial charge in [0, 0.05) is 37.9 Å². The number of rotatable bonds is 5. The molecule has 112 valence electrons. The Kier molecular flexibility index (Phi) is 3.90. The summed E-state index contributed by atoms with van der Waals surface area (Å²) in [6.07, 6.45) is 10.0. The SMILES string of the molecule is C=CCCC(=O)N1CCC2(CC(Nc3ncccn3)C2)C1. The predicted octanol–water partition coefficient (Wildman–Crippen LogP) is 2.24. The molecule has 1 aromatic heterocycles. The summed E-state index contributed by atoms with van der Waals surface area (Å²) in [4.78, 5) is 22.5. The van der Waals surface area contributed by atoms with Gasteiger partial charge in [-0.2, -0.15) is 0 Å². The number of hydrogen-bond acceptors (Lipinski definition) is 4. The standard InChI is InChI=1S/C16H22N4O/c1-2-3-5-14(21)20-9-6-16(12-20)10-13(11-16)19-15-17-7-4-8-18-15/h2,4,7-8,13H,1,3,5-6,9-12H2,(H,17,18,19). The molecule has 2 aliphatic rings. The minimum Gasteiger partial charge on any atom is -0.351 e. The second-order valence-corrected chi connectivity index (χ2v) is 6.21. The van der Waals surface area contributed by atoms with Crippen LogP contribution in [0.5, 0.6) is 0 Å². The predicted molar refractivity (Wildman–Crippen MR) is 81.7 cm³/mol. The number of aromatic nitrogens is 2. The van der Waals surface area contributed by atoms with Gasteiger partial charge in [0.1, 0.15) is 0 Å². The van der Waals surface area contributed by atoms with Crippen LogP contribution in [0.4, 0.5) is 5.95 Å². The normalized spacial score (nSPS) is 27.4. The van der Waals surface area contributed by atoms with Crippen LogP contribution in [0.15, 0.2) is 31.1 Å². The van der Waals surface area contributed by atoms with E-state index in [2.05, 4.69) is 21.9 Å². The van der Waals surface area contributed by atoms with E-state index in [-0.39, 0.29) is 5.91 Å². The van der Waals surface area contributed by atoms with E-state index in [4.69, 9.17) is 0 Å². The first-order valence-electron chi connectivity index (χ1n) is 7.63. The molecule has 1 aliphatic heterocycles. The lowest BCUT2D eigenvalue weighted by Crippen LogP contribution is -2.47. The molecule has 0 bridgehead atoms. The quantitative estimate of drug-likeness (QED) is 0.843. The van der Waals surface area contributed by atoms with E-state index in [1.165, 1.54) is 0 Å². The molecule has 1 aliphatic carbocycles. The molecule has 1 saturated heterocycles. The van der Waals surface area contributed by atoms with Crippen molar-refractivity contribution in [2.75, 3.05) is 18.4 Å². The zero-order valence-electron chi connectivity index (χ0n) is 12.3. The Labute approximate surface area is 125 Å². The maximum absolute atomic E-state index is 12.0. The van der Waals surface area contributed by atoms with Crippen LogP contribution in [0.1, 0.15) is 32.1 Å². The molecule has 0 radical (unpaired) electrons. The van der Waals surface area contributed by atoms with E-state index in [1.54, 1.807) is 12.4 Å². The van der Waals surface area contributed by atoms with E-state index in [1.807, 2.05) is 17.0 Å². The van der Waals surface area contributed by atoms with Crippen LogP contribution >= 0.6 is 0 Å². The highest BCUT2D eigenvalue weighted by Crippen LogP contribution is 2.49. The zero-order chi connectivity index (χ0) is 14.7. The summed E-state index contributed by atoms with van der Waals surface area (Å²) in [7, 11) is 0. The summed E-state index contributed by atoms with van der Waals surface area (Å²) in [6, 6.07) is 2.26. The molecular weight excluding hydrogens is 264 g/mol. The minimum absolute atomic E-state index is 0.273. The number of allylic oxidation sites excluding steroid dienone is 1.